The fraction of sp³-hybridized carbons (Fsp3) is 0.294. The van der Waals surface area contributed by atoms with Crippen molar-refractivity contribution in [2.24, 2.45) is 5.92 Å². The molecule has 6 heteroatoms. The molecule has 0 aliphatic carbocycles. The summed E-state index contributed by atoms with van der Waals surface area (Å²) in [6, 6.07) is 7.91. The zero-order valence-corrected chi connectivity index (χ0v) is 13.2. The van der Waals surface area contributed by atoms with Gasteiger partial charge in [-0.15, -0.1) is 0 Å². The summed E-state index contributed by atoms with van der Waals surface area (Å²) in [5.74, 6) is 1.44. The maximum atomic E-state index is 11.9. The summed E-state index contributed by atoms with van der Waals surface area (Å²) < 4.78 is 7.89. The Labute approximate surface area is 134 Å². The number of fused-ring (bicyclic) bond motifs is 1. The number of anilines is 1. The third-order valence-electron chi connectivity index (χ3n) is 3.45. The van der Waals surface area contributed by atoms with Crippen LogP contribution in [0.1, 0.15) is 13.8 Å². The van der Waals surface area contributed by atoms with Gasteiger partial charge in [0.25, 0.3) is 5.91 Å². The zero-order chi connectivity index (χ0) is 16.2. The minimum Gasteiger partial charge on any atom is -0.483 e. The van der Waals surface area contributed by atoms with E-state index in [1.54, 1.807) is 12.4 Å². The molecule has 0 fully saturated rings. The van der Waals surface area contributed by atoms with E-state index in [9.17, 15) is 4.79 Å². The van der Waals surface area contributed by atoms with E-state index in [0.717, 1.165) is 17.4 Å². The number of hydrogen-bond donors (Lipinski definition) is 2. The summed E-state index contributed by atoms with van der Waals surface area (Å²) >= 11 is 0. The van der Waals surface area contributed by atoms with Crippen LogP contribution in [0.2, 0.25) is 0 Å². The number of hydrogen-bond acceptors (Lipinski definition) is 3. The van der Waals surface area contributed by atoms with E-state index in [-0.39, 0.29) is 12.5 Å². The van der Waals surface area contributed by atoms with Crippen molar-refractivity contribution in [2.45, 2.75) is 20.4 Å². The third kappa shape index (κ3) is 3.53. The number of H-pyrrole nitrogens is 1. The number of aromatic amines is 1. The predicted molar refractivity (Wildman–Crippen MR) is 89.5 cm³/mol. The molecule has 1 amide bonds. The molecule has 6 nitrogen and oxygen atoms in total. The standard InChI is InChI=1S/C17H20N4O2/c1-12(2)10-21-9-6-13-14(21)4-3-5-15(13)23-11-16(22)20-17-18-7-8-19-17/h3-9,12H,10-11H2,1-2H3,(H2,18,19,20,22). The van der Waals surface area contributed by atoms with Gasteiger partial charge in [0.1, 0.15) is 5.75 Å². The van der Waals surface area contributed by atoms with Gasteiger partial charge < -0.3 is 14.3 Å². The number of ether oxygens (including phenoxy) is 1. The van der Waals surface area contributed by atoms with Crippen LogP contribution in [0, 0.1) is 5.92 Å². The summed E-state index contributed by atoms with van der Waals surface area (Å²) in [4.78, 5) is 18.6. The molecule has 2 N–H and O–H groups in total. The highest BCUT2D eigenvalue weighted by molar-refractivity contribution is 5.91. The van der Waals surface area contributed by atoms with Crippen LogP contribution in [0.25, 0.3) is 10.9 Å². The molecule has 0 aliphatic heterocycles. The summed E-state index contributed by atoms with van der Waals surface area (Å²) in [5.41, 5.74) is 1.11. The molecule has 0 atom stereocenters. The number of imidazole rings is 1. The molecule has 0 aliphatic rings. The average molecular weight is 312 g/mol. The largest absolute Gasteiger partial charge is 0.483 e. The van der Waals surface area contributed by atoms with Crippen molar-refractivity contribution in [1.29, 1.82) is 0 Å². The Morgan fingerprint density at radius 2 is 2.26 bits per heavy atom. The Hall–Kier alpha value is -2.76. The molecule has 23 heavy (non-hydrogen) atoms. The Morgan fingerprint density at radius 3 is 3.00 bits per heavy atom. The first kappa shape index (κ1) is 15.1. The smallest absolute Gasteiger partial charge is 0.264 e. The minimum absolute atomic E-state index is 0.0603. The number of aromatic nitrogens is 3. The third-order valence-corrected chi connectivity index (χ3v) is 3.45. The lowest BCUT2D eigenvalue weighted by atomic mass is 10.2. The Bertz CT molecular complexity index is 790. The Balaban J connectivity index is 1.70. The van der Waals surface area contributed by atoms with E-state index in [0.29, 0.717) is 17.6 Å². The molecule has 0 unspecified atom stereocenters. The number of nitrogens with one attached hydrogen (secondary N) is 2. The van der Waals surface area contributed by atoms with Crippen molar-refractivity contribution in [3.63, 3.8) is 0 Å². The lowest BCUT2D eigenvalue weighted by Gasteiger charge is -2.10. The monoisotopic (exact) mass is 312 g/mol. The van der Waals surface area contributed by atoms with E-state index in [2.05, 4.69) is 46.0 Å². The van der Waals surface area contributed by atoms with Gasteiger partial charge in [0.15, 0.2) is 6.61 Å². The number of amides is 1. The predicted octanol–water partition coefficient (Wildman–Crippen LogP) is 3.04. The average Bonchev–Trinajstić information content (AvgIpc) is 3.15. The summed E-state index contributed by atoms with van der Waals surface area (Å²) in [6.45, 7) is 5.26. The lowest BCUT2D eigenvalue weighted by Crippen LogP contribution is -2.20. The van der Waals surface area contributed by atoms with Crippen molar-refractivity contribution in [2.75, 3.05) is 11.9 Å². The second-order valence-electron chi connectivity index (χ2n) is 5.83. The molecule has 3 aromatic rings. The first-order valence-electron chi connectivity index (χ1n) is 7.63. The highest BCUT2D eigenvalue weighted by Gasteiger charge is 2.10. The van der Waals surface area contributed by atoms with Gasteiger partial charge in [0, 0.05) is 30.5 Å². The highest BCUT2D eigenvalue weighted by Crippen LogP contribution is 2.27. The van der Waals surface area contributed by atoms with Gasteiger partial charge in [0.05, 0.1) is 5.52 Å². The van der Waals surface area contributed by atoms with Crippen molar-refractivity contribution >= 4 is 22.8 Å². The van der Waals surface area contributed by atoms with Gasteiger partial charge >= 0.3 is 0 Å². The number of nitrogens with zero attached hydrogens (tertiary/aromatic N) is 2. The summed E-state index contributed by atoms with van der Waals surface area (Å²) in [7, 11) is 0. The van der Waals surface area contributed by atoms with E-state index in [1.807, 2.05) is 18.2 Å². The normalized spacial score (nSPS) is 11.1. The molecule has 0 spiro atoms. The van der Waals surface area contributed by atoms with E-state index >= 15 is 0 Å². The van der Waals surface area contributed by atoms with Gasteiger partial charge in [-0.1, -0.05) is 19.9 Å². The lowest BCUT2D eigenvalue weighted by molar-refractivity contribution is -0.118. The van der Waals surface area contributed by atoms with Gasteiger partial charge in [0.2, 0.25) is 5.95 Å². The molecule has 2 heterocycles. The molecule has 120 valence electrons. The second kappa shape index (κ2) is 6.56. The molecule has 0 radical (unpaired) electrons. The van der Waals surface area contributed by atoms with E-state index in [4.69, 9.17) is 4.74 Å². The second-order valence-corrected chi connectivity index (χ2v) is 5.83. The van der Waals surface area contributed by atoms with Crippen LogP contribution < -0.4 is 10.1 Å². The highest BCUT2D eigenvalue weighted by atomic mass is 16.5. The molecule has 0 bridgehead atoms. The van der Waals surface area contributed by atoms with Gasteiger partial charge in [-0.25, -0.2) is 4.98 Å². The molecular formula is C17H20N4O2. The molecule has 0 saturated heterocycles. The zero-order valence-electron chi connectivity index (χ0n) is 13.2. The van der Waals surface area contributed by atoms with Crippen molar-refractivity contribution in [3.05, 3.63) is 42.9 Å². The first-order valence-corrected chi connectivity index (χ1v) is 7.63. The van der Waals surface area contributed by atoms with Gasteiger partial charge in [-0.3, -0.25) is 10.1 Å². The molecule has 2 aromatic heterocycles. The fourth-order valence-corrected chi connectivity index (χ4v) is 2.52. The quantitative estimate of drug-likeness (QED) is 0.735. The minimum atomic E-state index is -0.251. The number of carbonyl (C=O) groups excluding carboxylic acids is 1. The Kier molecular flexibility index (Phi) is 4.32. The number of benzene rings is 1. The fourth-order valence-electron chi connectivity index (χ4n) is 2.52. The molecule has 1 aromatic carbocycles. The number of carbonyl (C=O) groups is 1. The molecule has 0 saturated carbocycles. The molecule has 3 rings (SSSR count). The topological polar surface area (TPSA) is 71.9 Å². The van der Waals surface area contributed by atoms with Crippen LogP contribution in [0.4, 0.5) is 5.95 Å². The van der Waals surface area contributed by atoms with Crippen LogP contribution in [0.5, 0.6) is 5.75 Å². The van der Waals surface area contributed by atoms with Crippen LogP contribution >= 0.6 is 0 Å². The van der Waals surface area contributed by atoms with Gasteiger partial charge in [-0.05, 0) is 24.1 Å². The van der Waals surface area contributed by atoms with Crippen LogP contribution in [-0.2, 0) is 11.3 Å². The van der Waals surface area contributed by atoms with E-state index in [1.165, 1.54) is 0 Å². The SMILES string of the molecule is CC(C)Cn1ccc2c(OCC(=O)Nc3ncc[nH]3)cccc21. The van der Waals surface area contributed by atoms with Crippen LogP contribution in [-0.4, -0.2) is 27.0 Å². The van der Waals surface area contributed by atoms with Gasteiger partial charge in [-0.2, -0.15) is 0 Å². The van der Waals surface area contributed by atoms with Crippen LogP contribution in [0.3, 0.4) is 0 Å². The molecular weight excluding hydrogens is 292 g/mol. The maximum Gasteiger partial charge on any atom is 0.264 e. The maximum absolute atomic E-state index is 11.9. The Morgan fingerprint density at radius 1 is 1.39 bits per heavy atom. The van der Waals surface area contributed by atoms with Crippen molar-refractivity contribution < 1.29 is 9.53 Å². The summed E-state index contributed by atoms with van der Waals surface area (Å²) in [6.07, 6.45) is 5.28. The van der Waals surface area contributed by atoms with E-state index < -0.39 is 0 Å². The number of rotatable bonds is 6. The van der Waals surface area contributed by atoms with Crippen molar-refractivity contribution in [3.8, 4) is 5.75 Å². The summed E-state index contributed by atoms with van der Waals surface area (Å²) in [5, 5.41) is 3.65. The first-order chi connectivity index (χ1) is 11.1. The van der Waals surface area contributed by atoms with Crippen LogP contribution in [0.15, 0.2) is 42.9 Å². The van der Waals surface area contributed by atoms with Crippen molar-refractivity contribution in [1.82, 2.24) is 14.5 Å².